The molecule has 6 nitrogen and oxygen atoms in total. The van der Waals surface area contributed by atoms with Gasteiger partial charge in [0.2, 0.25) is 11.0 Å². The summed E-state index contributed by atoms with van der Waals surface area (Å²) in [7, 11) is 1.67. The van der Waals surface area contributed by atoms with E-state index in [0.717, 1.165) is 5.56 Å². The third-order valence-corrected chi connectivity index (χ3v) is 4.61. The highest BCUT2D eigenvalue weighted by Gasteiger charge is 2.12. The molecule has 1 aromatic heterocycles. The Bertz CT molecular complexity index is 652. The van der Waals surface area contributed by atoms with Gasteiger partial charge in [-0.15, -0.1) is 10.2 Å². The molecule has 0 atom stereocenters. The van der Waals surface area contributed by atoms with Crippen molar-refractivity contribution in [2.45, 2.75) is 17.5 Å². The fraction of sp³-hybridized carbons (Fsp3) is 0.308. The van der Waals surface area contributed by atoms with Crippen molar-refractivity contribution < 1.29 is 18.3 Å². The fourth-order valence-electron chi connectivity index (χ4n) is 1.65. The van der Waals surface area contributed by atoms with Crippen molar-refractivity contribution in [3.05, 3.63) is 29.8 Å². The van der Waals surface area contributed by atoms with Crippen molar-refractivity contribution in [3.8, 4) is 5.75 Å². The Balaban J connectivity index is 1.82. The molecule has 0 aliphatic rings. The molecule has 2 N–H and O–H groups in total. The predicted octanol–water partition coefficient (Wildman–Crippen LogP) is 2.47. The second-order valence-corrected chi connectivity index (χ2v) is 6.70. The topological polar surface area (TPSA) is 81.3 Å². The molecule has 2 aromatic rings. The molecule has 0 aliphatic heterocycles. The van der Waals surface area contributed by atoms with Gasteiger partial charge in [-0.25, -0.2) is 0 Å². The van der Waals surface area contributed by atoms with Gasteiger partial charge in [0.05, 0.1) is 5.75 Å². The molecule has 0 spiro atoms. The number of alkyl halides is 2. The molecule has 0 radical (unpaired) electrons. The van der Waals surface area contributed by atoms with Gasteiger partial charge in [-0.3, -0.25) is 4.79 Å². The van der Waals surface area contributed by atoms with Crippen LogP contribution < -0.4 is 10.5 Å². The Kier molecular flexibility index (Phi) is 6.11. The zero-order valence-electron chi connectivity index (χ0n) is 12.1. The Morgan fingerprint density at radius 1 is 1.39 bits per heavy atom. The molecular weight excluding hydrogens is 346 g/mol. The SMILES string of the molecule is CN(Cc1ccc(OC(F)F)cc1)C(=O)CSc1nnc(N)s1. The molecule has 0 saturated carbocycles. The minimum atomic E-state index is -2.85. The molecule has 0 aliphatic carbocycles. The van der Waals surface area contributed by atoms with Crippen LogP contribution in [0, 0.1) is 0 Å². The molecular formula is C13H14F2N4O2S2. The average Bonchev–Trinajstić information content (AvgIpc) is 2.92. The third kappa shape index (κ3) is 5.64. The Morgan fingerprint density at radius 3 is 2.65 bits per heavy atom. The van der Waals surface area contributed by atoms with Crippen LogP contribution in [-0.2, 0) is 11.3 Å². The number of nitrogens with zero attached hydrogens (tertiary/aromatic N) is 3. The minimum Gasteiger partial charge on any atom is -0.435 e. The number of rotatable bonds is 7. The number of aromatic nitrogens is 2. The summed E-state index contributed by atoms with van der Waals surface area (Å²) in [5.41, 5.74) is 6.28. The van der Waals surface area contributed by atoms with Crippen LogP contribution in [0.2, 0.25) is 0 Å². The van der Waals surface area contributed by atoms with E-state index in [2.05, 4.69) is 14.9 Å². The molecule has 23 heavy (non-hydrogen) atoms. The monoisotopic (exact) mass is 360 g/mol. The smallest absolute Gasteiger partial charge is 0.387 e. The van der Waals surface area contributed by atoms with Crippen molar-refractivity contribution in [3.63, 3.8) is 0 Å². The molecule has 1 amide bonds. The van der Waals surface area contributed by atoms with Crippen molar-refractivity contribution in [1.29, 1.82) is 0 Å². The first kappa shape index (κ1) is 17.4. The summed E-state index contributed by atoms with van der Waals surface area (Å²) in [5.74, 6) is 0.219. The quantitative estimate of drug-likeness (QED) is 0.764. The Morgan fingerprint density at radius 2 is 2.09 bits per heavy atom. The number of ether oxygens (including phenoxy) is 1. The molecule has 124 valence electrons. The van der Waals surface area contributed by atoms with Crippen LogP contribution in [0.15, 0.2) is 28.6 Å². The number of carbonyl (C=O) groups excluding carboxylic acids is 1. The summed E-state index contributed by atoms with van der Waals surface area (Å²) in [6, 6.07) is 6.16. The van der Waals surface area contributed by atoms with Gasteiger partial charge in [-0.05, 0) is 17.7 Å². The van der Waals surface area contributed by atoms with E-state index in [9.17, 15) is 13.6 Å². The average molecular weight is 360 g/mol. The summed E-state index contributed by atoms with van der Waals surface area (Å²) >= 11 is 2.49. The Labute approximate surface area is 139 Å². The van der Waals surface area contributed by atoms with E-state index in [1.165, 1.54) is 35.2 Å². The maximum Gasteiger partial charge on any atom is 0.387 e. The molecule has 0 unspecified atom stereocenters. The third-order valence-electron chi connectivity index (χ3n) is 2.74. The van der Waals surface area contributed by atoms with Crippen LogP contribution >= 0.6 is 23.1 Å². The number of hydrogen-bond acceptors (Lipinski definition) is 7. The van der Waals surface area contributed by atoms with Crippen LogP contribution in [0.25, 0.3) is 0 Å². The highest BCUT2D eigenvalue weighted by atomic mass is 32.2. The zero-order valence-corrected chi connectivity index (χ0v) is 13.7. The maximum atomic E-state index is 12.1. The number of nitrogen functional groups attached to an aromatic ring is 1. The number of hydrogen-bond donors (Lipinski definition) is 1. The van der Waals surface area contributed by atoms with E-state index in [0.29, 0.717) is 16.0 Å². The largest absolute Gasteiger partial charge is 0.435 e. The van der Waals surface area contributed by atoms with E-state index in [4.69, 9.17) is 5.73 Å². The minimum absolute atomic E-state index is 0.0853. The van der Waals surface area contributed by atoms with Crippen molar-refractivity contribution in [1.82, 2.24) is 15.1 Å². The summed E-state index contributed by atoms with van der Waals surface area (Å²) in [6.45, 7) is -2.48. The zero-order chi connectivity index (χ0) is 16.8. The van der Waals surface area contributed by atoms with Crippen LogP contribution in [-0.4, -0.2) is 40.4 Å². The first-order chi connectivity index (χ1) is 10.9. The molecule has 1 aromatic carbocycles. The maximum absolute atomic E-state index is 12.1. The van der Waals surface area contributed by atoms with E-state index in [1.54, 1.807) is 24.1 Å². The van der Waals surface area contributed by atoms with Gasteiger partial charge in [0, 0.05) is 13.6 Å². The number of halogens is 2. The molecule has 1 heterocycles. The van der Waals surface area contributed by atoms with E-state index in [1.807, 2.05) is 0 Å². The lowest BCUT2D eigenvalue weighted by Gasteiger charge is -2.17. The fourth-order valence-corrected chi connectivity index (χ4v) is 3.23. The van der Waals surface area contributed by atoms with Gasteiger partial charge in [0.15, 0.2) is 4.34 Å². The van der Waals surface area contributed by atoms with Gasteiger partial charge < -0.3 is 15.4 Å². The number of carbonyl (C=O) groups is 1. The van der Waals surface area contributed by atoms with E-state index in [-0.39, 0.29) is 17.4 Å². The normalized spacial score (nSPS) is 10.8. The van der Waals surface area contributed by atoms with Gasteiger partial charge >= 0.3 is 6.61 Å². The number of anilines is 1. The van der Waals surface area contributed by atoms with E-state index < -0.39 is 6.61 Å². The second-order valence-electron chi connectivity index (χ2n) is 4.47. The first-order valence-corrected chi connectivity index (χ1v) is 8.23. The molecule has 0 fully saturated rings. The molecule has 2 rings (SSSR count). The van der Waals surface area contributed by atoms with Crippen LogP contribution in [0.3, 0.4) is 0 Å². The van der Waals surface area contributed by atoms with Gasteiger partial charge in [-0.2, -0.15) is 8.78 Å². The van der Waals surface area contributed by atoms with Gasteiger partial charge in [0.25, 0.3) is 0 Å². The summed E-state index contributed by atoms with van der Waals surface area (Å²) in [4.78, 5) is 13.6. The molecule has 0 bridgehead atoms. The predicted molar refractivity (Wildman–Crippen MR) is 84.6 cm³/mol. The number of benzene rings is 1. The lowest BCUT2D eigenvalue weighted by molar-refractivity contribution is -0.127. The van der Waals surface area contributed by atoms with Crippen molar-refractivity contribution >= 4 is 34.1 Å². The Hall–Kier alpha value is -1.94. The van der Waals surface area contributed by atoms with Crippen LogP contribution in [0.5, 0.6) is 5.75 Å². The van der Waals surface area contributed by atoms with Gasteiger partial charge in [-0.1, -0.05) is 35.2 Å². The highest BCUT2D eigenvalue weighted by Crippen LogP contribution is 2.23. The molecule has 0 saturated heterocycles. The standard InChI is InChI=1S/C13H14F2N4O2S2/c1-19(10(20)7-22-13-18-17-12(16)23-13)6-8-2-4-9(5-3-8)21-11(14)15/h2-5,11H,6-7H2,1H3,(H2,16,17). The van der Waals surface area contributed by atoms with Crippen molar-refractivity contribution in [2.24, 2.45) is 0 Å². The number of amides is 1. The first-order valence-electron chi connectivity index (χ1n) is 6.43. The lowest BCUT2D eigenvalue weighted by atomic mass is 10.2. The van der Waals surface area contributed by atoms with Gasteiger partial charge in [0.1, 0.15) is 5.75 Å². The summed E-state index contributed by atoms with van der Waals surface area (Å²) < 4.78 is 29.0. The van der Waals surface area contributed by atoms with Crippen LogP contribution in [0.1, 0.15) is 5.56 Å². The second kappa shape index (κ2) is 8.06. The summed E-state index contributed by atoms with van der Waals surface area (Å²) in [6.07, 6.45) is 0. The number of nitrogens with two attached hydrogens (primary N) is 1. The molecule has 10 heteroatoms. The van der Waals surface area contributed by atoms with Crippen LogP contribution in [0.4, 0.5) is 13.9 Å². The van der Waals surface area contributed by atoms with Crippen molar-refractivity contribution in [2.75, 3.05) is 18.5 Å². The highest BCUT2D eigenvalue weighted by molar-refractivity contribution is 8.01. The lowest BCUT2D eigenvalue weighted by Crippen LogP contribution is -2.27. The summed E-state index contributed by atoms with van der Waals surface area (Å²) in [5, 5.41) is 7.86. The van der Waals surface area contributed by atoms with E-state index >= 15 is 0 Å². The number of thioether (sulfide) groups is 1.